The molecule has 1 aliphatic heterocycles. The number of aliphatic imine (C=N–C) groups is 2. The van der Waals surface area contributed by atoms with Gasteiger partial charge < -0.3 is 16.2 Å². The van der Waals surface area contributed by atoms with Crippen LogP contribution in [0.1, 0.15) is 32.1 Å². The maximum absolute atomic E-state index is 6.33. The molecule has 0 atom stereocenters. The van der Waals surface area contributed by atoms with Crippen LogP contribution in [-0.4, -0.2) is 39.5 Å². The number of hydrogen-bond donors (Lipinski definition) is 2. The number of rotatable bonds is 3. The van der Waals surface area contributed by atoms with E-state index in [-0.39, 0.29) is 5.96 Å². The summed E-state index contributed by atoms with van der Waals surface area (Å²) in [6, 6.07) is 5.82. The maximum atomic E-state index is 6.33. The lowest BCUT2D eigenvalue weighted by atomic mass is 9.87. The van der Waals surface area contributed by atoms with Gasteiger partial charge in [0.1, 0.15) is 24.1 Å². The molecule has 0 amide bonds. The Balaban J connectivity index is 1.86. The normalized spacial score (nSPS) is 19.2. The minimum atomic E-state index is -0.521. The van der Waals surface area contributed by atoms with Gasteiger partial charge >= 0.3 is 0 Å². The van der Waals surface area contributed by atoms with Crippen LogP contribution in [0.25, 0.3) is 5.69 Å². The Kier molecular flexibility index (Phi) is 3.98. The van der Waals surface area contributed by atoms with Crippen molar-refractivity contribution in [1.82, 2.24) is 14.8 Å². The number of guanidine groups is 2. The molecule has 0 bridgehead atoms. The standard InChI is InChI=1S/C17H22N8O/c1-26-14-6-5-12(24-10-20-21-11-24)9-13(14)25-16(19)22-15(18)23-17(25)7-3-2-4-8-17/h5-6,9-11H,2-4,7-8H2,1H3,(H4,18,19,22,23). The zero-order chi connectivity index (χ0) is 18.1. The molecule has 4 N–H and O–H groups in total. The van der Waals surface area contributed by atoms with Gasteiger partial charge in [-0.3, -0.25) is 9.47 Å². The van der Waals surface area contributed by atoms with E-state index in [2.05, 4.69) is 15.2 Å². The first-order valence-electron chi connectivity index (χ1n) is 8.66. The monoisotopic (exact) mass is 354 g/mol. The third-order valence-corrected chi connectivity index (χ3v) is 4.97. The number of ether oxygens (including phenoxy) is 1. The van der Waals surface area contributed by atoms with E-state index in [1.54, 1.807) is 19.8 Å². The molecule has 26 heavy (non-hydrogen) atoms. The highest BCUT2D eigenvalue weighted by Crippen LogP contribution is 2.43. The molecule has 1 aromatic heterocycles. The zero-order valence-electron chi connectivity index (χ0n) is 14.7. The van der Waals surface area contributed by atoms with Gasteiger partial charge in [0.15, 0.2) is 0 Å². The highest BCUT2D eigenvalue weighted by molar-refractivity contribution is 6.06. The van der Waals surface area contributed by atoms with E-state index in [0.717, 1.165) is 37.1 Å². The Labute approximate surface area is 151 Å². The molecule has 1 aliphatic carbocycles. The fraction of sp³-hybridized carbons (Fsp3) is 0.412. The van der Waals surface area contributed by atoms with Gasteiger partial charge in [-0.15, -0.1) is 10.2 Å². The number of benzene rings is 1. The van der Waals surface area contributed by atoms with Crippen LogP contribution >= 0.6 is 0 Å². The Morgan fingerprint density at radius 3 is 2.50 bits per heavy atom. The minimum Gasteiger partial charge on any atom is -0.495 e. The van der Waals surface area contributed by atoms with Crippen molar-refractivity contribution in [1.29, 1.82) is 0 Å². The third kappa shape index (κ3) is 2.65. The number of anilines is 1. The summed E-state index contributed by atoms with van der Waals surface area (Å²) in [6.45, 7) is 0. The molecule has 0 radical (unpaired) electrons. The van der Waals surface area contributed by atoms with E-state index in [0.29, 0.717) is 11.7 Å². The van der Waals surface area contributed by atoms with Crippen LogP contribution in [0.15, 0.2) is 40.8 Å². The molecule has 9 nitrogen and oxygen atoms in total. The summed E-state index contributed by atoms with van der Waals surface area (Å²) in [6.07, 6.45) is 8.33. The van der Waals surface area contributed by atoms with E-state index in [4.69, 9.17) is 21.2 Å². The van der Waals surface area contributed by atoms with Gasteiger partial charge in [-0.05, 0) is 43.9 Å². The van der Waals surface area contributed by atoms with Crippen molar-refractivity contribution >= 4 is 17.6 Å². The van der Waals surface area contributed by atoms with Crippen LogP contribution in [0, 0.1) is 0 Å². The minimum absolute atomic E-state index is 0.231. The van der Waals surface area contributed by atoms with Gasteiger partial charge in [0, 0.05) is 0 Å². The van der Waals surface area contributed by atoms with E-state index >= 15 is 0 Å². The van der Waals surface area contributed by atoms with Crippen LogP contribution in [0.4, 0.5) is 5.69 Å². The van der Waals surface area contributed by atoms with Crippen molar-refractivity contribution in [2.45, 2.75) is 37.8 Å². The van der Waals surface area contributed by atoms with Crippen LogP contribution in [0.5, 0.6) is 5.75 Å². The molecule has 1 saturated carbocycles. The van der Waals surface area contributed by atoms with Crippen LogP contribution < -0.4 is 21.1 Å². The van der Waals surface area contributed by atoms with Gasteiger partial charge in [0.25, 0.3) is 0 Å². The van der Waals surface area contributed by atoms with Gasteiger partial charge in [0.05, 0.1) is 18.5 Å². The Morgan fingerprint density at radius 1 is 1.08 bits per heavy atom. The number of hydrogen-bond acceptors (Lipinski definition) is 8. The second kappa shape index (κ2) is 6.32. The van der Waals surface area contributed by atoms with Gasteiger partial charge in [-0.25, -0.2) is 4.99 Å². The fourth-order valence-electron chi connectivity index (χ4n) is 3.82. The Bertz CT molecular complexity index is 852. The fourth-order valence-corrected chi connectivity index (χ4v) is 3.82. The van der Waals surface area contributed by atoms with Crippen molar-refractivity contribution in [2.24, 2.45) is 21.5 Å². The third-order valence-electron chi connectivity index (χ3n) is 4.97. The number of methoxy groups -OCH3 is 1. The van der Waals surface area contributed by atoms with Crippen LogP contribution in [0.3, 0.4) is 0 Å². The van der Waals surface area contributed by atoms with Crippen molar-refractivity contribution in [2.75, 3.05) is 12.0 Å². The molecule has 136 valence electrons. The second-order valence-electron chi connectivity index (χ2n) is 6.54. The molecule has 2 heterocycles. The Hall–Kier alpha value is -3.10. The topological polar surface area (TPSA) is 120 Å². The van der Waals surface area contributed by atoms with Gasteiger partial charge in [-0.2, -0.15) is 4.99 Å². The highest BCUT2D eigenvalue weighted by Gasteiger charge is 2.43. The summed E-state index contributed by atoms with van der Waals surface area (Å²) in [5.74, 6) is 1.26. The highest BCUT2D eigenvalue weighted by atomic mass is 16.5. The molecule has 1 spiro atoms. The van der Waals surface area contributed by atoms with E-state index < -0.39 is 5.66 Å². The molecule has 0 unspecified atom stereocenters. The summed E-state index contributed by atoms with van der Waals surface area (Å²) in [5.41, 5.74) is 13.5. The summed E-state index contributed by atoms with van der Waals surface area (Å²) < 4.78 is 7.43. The maximum Gasteiger partial charge on any atom is 0.220 e. The number of aromatic nitrogens is 3. The van der Waals surface area contributed by atoms with Crippen molar-refractivity contribution in [3.05, 3.63) is 30.9 Å². The average molecular weight is 354 g/mol. The lowest BCUT2D eigenvalue weighted by Crippen LogP contribution is -2.58. The largest absolute Gasteiger partial charge is 0.495 e. The number of nitrogens with two attached hydrogens (primary N) is 2. The lowest BCUT2D eigenvalue weighted by molar-refractivity contribution is 0.303. The van der Waals surface area contributed by atoms with Crippen molar-refractivity contribution in [3.8, 4) is 11.4 Å². The SMILES string of the molecule is COc1ccc(-n2cnnc2)cc1N1C(N)=NC(N)=NC12CCCCC2. The first kappa shape index (κ1) is 16.4. The molecule has 2 aromatic rings. The zero-order valence-corrected chi connectivity index (χ0v) is 14.7. The molecule has 1 aromatic carbocycles. The van der Waals surface area contributed by atoms with Crippen LogP contribution in [-0.2, 0) is 0 Å². The predicted molar refractivity (Wildman–Crippen MR) is 99.5 cm³/mol. The molecule has 1 fully saturated rings. The van der Waals surface area contributed by atoms with Gasteiger partial charge in [-0.1, -0.05) is 6.42 Å². The first-order chi connectivity index (χ1) is 12.6. The van der Waals surface area contributed by atoms with E-state index in [1.807, 2.05) is 27.7 Å². The quantitative estimate of drug-likeness (QED) is 0.859. The van der Waals surface area contributed by atoms with Gasteiger partial charge in [0.2, 0.25) is 11.9 Å². The smallest absolute Gasteiger partial charge is 0.220 e. The summed E-state index contributed by atoms with van der Waals surface area (Å²) in [7, 11) is 1.64. The molecule has 4 rings (SSSR count). The predicted octanol–water partition coefficient (Wildman–Crippen LogP) is 1.39. The van der Waals surface area contributed by atoms with Crippen molar-refractivity contribution in [3.63, 3.8) is 0 Å². The molecule has 9 heteroatoms. The van der Waals surface area contributed by atoms with Crippen LogP contribution in [0.2, 0.25) is 0 Å². The second-order valence-corrected chi connectivity index (χ2v) is 6.54. The molecular formula is C17H22N8O. The summed E-state index contributed by atoms with van der Waals surface area (Å²) in [4.78, 5) is 10.9. The number of nitrogens with zero attached hydrogens (tertiary/aromatic N) is 6. The average Bonchev–Trinajstić information content (AvgIpc) is 3.16. The summed E-state index contributed by atoms with van der Waals surface area (Å²) in [5, 5.41) is 7.75. The summed E-state index contributed by atoms with van der Waals surface area (Å²) >= 11 is 0. The molecule has 0 saturated heterocycles. The molecule has 2 aliphatic rings. The van der Waals surface area contributed by atoms with E-state index in [1.165, 1.54) is 6.42 Å². The lowest BCUT2D eigenvalue weighted by Gasteiger charge is -2.45. The molecular weight excluding hydrogens is 332 g/mol. The van der Waals surface area contributed by atoms with Crippen molar-refractivity contribution < 1.29 is 4.74 Å². The Morgan fingerprint density at radius 2 is 1.81 bits per heavy atom. The first-order valence-corrected chi connectivity index (χ1v) is 8.66. The van der Waals surface area contributed by atoms with E-state index in [9.17, 15) is 0 Å².